The van der Waals surface area contributed by atoms with E-state index in [2.05, 4.69) is 17.2 Å². The van der Waals surface area contributed by atoms with Crippen LogP contribution in [0.25, 0.3) is 0 Å². The van der Waals surface area contributed by atoms with Gasteiger partial charge >= 0.3 is 0 Å². The second-order valence-corrected chi connectivity index (χ2v) is 3.08. The zero-order chi connectivity index (χ0) is 10.4. The molecule has 0 saturated heterocycles. The van der Waals surface area contributed by atoms with E-state index in [9.17, 15) is 4.79 Å². The molecule has 1 rings (SSSR count). The van der Waals surface area contributed by atoms with E-state index in [0.717, 1.165) is 5.56 Å². The third kappa shape index (κ3) is 3.77. The van der Waals surface area contributed by atoms with E-state index in [1.54, 1.807) is 0 Å². The molecular formula is C12H13NO. The number of carbonyl (C=O) groups excluding carboxylic acids is 1. The number of nitrogens with one attached hydrogen (secondary N) is 1. The molecule has 14 heavy (non-hydrogen) atoms. The van der Waals surface area contributed by atoms with Gasteiger partial charge in [-0.15, -0.1) is 0 Å². The van der Waals surface area contributed by atoms with Crippen molar-refractivity contribution in [2.45, 2.75) is 13.8 Å². The van der Waals surface area contributed by atoms with Gasteiger partial charge in [-0.05, 0) is 19.1 Å². The summed E-state index contributed by atoms with van der Waals surface area (Å²) in [5, 5.41) is 2.61. The van der Waals surface area contributed by atoms with E-state index in [0.29, 0.717) is 6.54 Å². The van der Waals surface area contributed by atoms with Crippen molar-refractivity contribution < 1.29 is 4.79 Å². The number of hydrogen-bond acceptors (Lipinski definition) is 1. The van der Waals surface area contributed by atoms with Crippen LogP contribution in [0.1, 0.15) is 18.1 Å². The minimum Gasteiger partial charge on any atom is -0.345 e. The topological polar surface area (TPSA) is 29.1 Å². The predicted molar refractivity (Wildman–Crippen MR) is 56.7 cm³/mol. The first-order chi connectivity index (χ1) is 6.68. The number of amides is 1. The van der Waals surface area contributed by atoms with Gasteiger partial charge in [-0.1, -0.05) is 29.5 Å². The van der Waals surface area contributed by atoms with E-state index < -0.39 is 0 Å². The second kappa shape index (κ2) is 5.08. The SMILES string of the molecule is CC(=O)NCC#Cc1ccc(C)cc1. The second-order valence-electron chi connectivity index (χ2n) is 3.08. The van der Waals surface area contributed by atoms with Crippen LogP contribution in [0, 0.1) is 18.8 Å². The third-order valence-electron chi connectivity index (χ3n) is 1.71. The fraction of sp³-hybridized carbons (Fsp3) is 0.250. The first-order valence-corrected chi connectivity index (χ1v) is 4.48. The monoisotopic (exact) mass is 187 g/mol. The van der Waals surface area contributed by atoms with Crippen LogP contribution in [0.2, 0.25) is 0 Å². The van der Waals surface area contributed by atoms with Crippen molar-refractivity contribution in [1.29, 1.82) is 0 Å². The highest BCUT2D eigenvalue weighted by molar-refractivity contribution is 5.73. The van der Waals surface area contributed by atoms with Gasteiger partial charge in [0.25, 0.3) is 0 Å². The number of rotatable bonds is 1. The Balaban J connectivity index is 2.51. The molecule has 1 aromatic carbocycles. The van der Waals surface area contributed by atoms with Crippen molar-refractivity contribution in [2.24, 2.45) is 0 Å². The van der Waals surface area contributed by atoms with Crippen molar-refractivity contribution >= 4 is 5.91 Å². The van der Waals surface area contributed by atoms with Crippen LogP contribution >= 0.6 is 0 Å². The Labute approximate surface area is 84.3 Å². The Bertz CT molecular complexity index is 368. The van der Waals surface area contributed by atoms with Crippen LogP contribution in [0.5, 0.6) is 0 Å². The summed E-state index contributed by atoms with van der Waals surface area (Å²) < 4.78 is 0. The molecule has 0 spiro atoms. The lowest BCUT2D eigenvalue weighted by Gasteiger charge is -1.93. The van der Waals surface area contributed by atoms with Gasteiger partial charge in [0.1, 0.15) is 0 Å². The van der Waals surface area contributed by atoms with E-state index in [-0.39, 0.29) is 5.91 Å². The number of hydrogen-bond donors (Lipinski definition) is 1. The van der Waals surface area contributed by atoms with Crippen LogP contribution < -0.4 is 5.32 Å². The molecule has 1 amide bonds. The fourth-order valence-corrected chi connectivity index (χ4v) is 0.952. The van der Waals surface area contributed by atoms with Gasteiger partial charge in [-0.25, -0.2) is 0 Å². The van der Waals surface area contributed by atoms with Gasteiger partial charge in [0, 0.05) is 12.5 Å². The molecule has 0 aliphatic carbocycles. The Morgan fingerprint density at radius 2 is 2.00 bits per heavy atom. The number of benzene rings is 1. The highest BCUT2D eigenvalue weighted by atomic mass is 16.1. The minimum absolute atomic E-state index is 0.0526. The molecule has 0 radical (unpaired) electrons. The van der Waals surface area contributed by atoms with Gasteiger partial charge in [0.05, 0.1) is 6.54 Å². The van der Waals surface area contributed by atoms with Crippen LogP contribution in [0.4, 0.5) is 0 Å². The van der Waals surface area contributed by atoms with E-state index in [1.165, 1.54) is 12.5 Å². The molecule has 0 aromatic heterocycles. The van der Waals surface area contributed by atoms with Gasteiger partial charge < -0.3 is 5.32 Å². The summed E-state index contributed by atoms with van der Waals surface area (Å²) >= 11 is 0. The summed E-state index contributed by atoms with van der Waals surface area (Å²) in [6, 6.07) is 7.97. The summed E-state index contributed by atoms with van der Waals surface area (Å²) in [6.45, 7) is 3.92. The maximum absolute atomic E-state index is 10.5. The molecule has 0 atom stereocenters. The predicted octanol–water partition coefficient (Wildman–Crippen LogP) is 1.48. The smallest absolute Gasteiger partial charge is 0.217 e. The Hall–Kier alpha value is -1.75. The van der Waals surface area contributed by atoms with E-state index in [4.69, 9.17) is 0 Å². The summed E-state index contributed by atoms with van der Waals surface area (Å²) in [6.07, 6.45) is 0. The fourth-order valence-electron chi connectivity index (χ4n) is 0.952. The summed E-state index contributed by atoms with van der Waals surface area (Å²) in [4.78, 5) is 10.5. The molecule has 0 bridgehead atoms. The average Bonchev–Trinajstić information content (AvgIpc) is 2.15. The molecule has 1 aromatic rings. The van der Waals surface area contributed by atoms with E-state index >= 15 is 0 Å². The quantitative estimate of drug-likeness (QED) is 0.663. The van der Waals surface area contributed by atoms with Crippen LogP contribution in [-0.4, -0.2) is 12.5 Å². The van der Waals surface area contributed by atoms with E-state index in [1.807, 2.05) is 31.2 Å². The Kier molecular flexibility index (Phi) is 3.75. The molecule has 0 aliphatic heterocycles. The zero-order valence-electron chi connectivity index (χ0n) is 8.42. The first kappa shape index (κ1) is 10.3. The summed E-state index contributed by atoms with van der Waals surface area (Å²) in [7, 11) is 0. The van der Waals surface area contributed by atoms with Crippen LogP contribution in [0.15, 0.2) is 24.3 Å². The zero-order valence-corrected chi connectivity index (χ0v) is 8.42. The molecule has 2 heteroatoms. The van der Waals surface area contributed by atoms with Crippen LogP contribution in [-0.2, 0) is 4.79 Å². The van der Waals surface area contributed by atoms with Crippen molar-refractivity contribution in [1.82, 2.24) is 5.32 Å². The minimum atomic E-state index is -0.0526. The summed E-state index contributed by atoms with van der Waals surface area (Å²) in [5.74, 6) is 5.78. The molecule has 0 heterocycles. The Morgan fingerprint density at radius 3 is 2.57 bits per heavy atom. The van der Waals surface area contributed by atoms with Crippen molar-refractivity contribution in [3.8, 4) is 11.8 Å². The molecule has 2 nitrogen and oxygen atoms in total. The first-order valence-electron chi connectivity index (χ1n) is 4.48. The largest absolute Gasteiger partial charge is 0.345 e. The summed E-state index contributed by atoms with van der Waals surface area (Å²) in [5.41, 5.74) is 2.19. The van der Waals surface area contributed by atoms with Gasteiger partial charge in [-0.2, -0.15) is 0 Å². The lowest BCUT2D eigenvalue weighted by atomic mass is 10.2. The highest BCUT2D eigenvalue weighted by Crippen LogP contribution is 2.00. The van der Waals surface area contributed by atoms with Crippen molar-refractivity contribution in [3.63, 3.8) is 0 Å². The van der Waals surface area contributed by atoms with Gasteiger partial charge in [-0.3, -0.25) is 4.79 Å². The van der Waals surface area contributed by atoms with Crippen LogP contribution in [0.3, 0.4) is 0 Å². The lowest BCUT2D eigenvalue weighted by molar-refractivity contribution is -0.118. The average molecular weight is 187 g/mol. The third-order valence-corrected chi connectivity index (χ3v) is 1.71. The highest BCUT2D eigenvalue weighted by Gasteiger charge is 1.86. The molecule has 0 saturated carbocycles. The normalized spacial score (nSPS) is 8.71. The maximum Gasteiger partial charge on any atom is 0.217 e. The standard InChI is InChI=1S/C12H13NO/c1-10-5-7-12(8-6-10)4-3-9-13-11(2)14/h5-8H,9H2,1-2H3,(H,13,14). The molecule has 0 aliphatic rings. The number of carbonyl (C=O) groups is 1. The molecular weight excluding hydrogens is 174 g/mol. The number of aryl methyl sites for hydroxylation is 1. The lowest BCUT2D eigenvalue weighted by Crippen LogP contribution is -2.19. The van der Waals surface area contributed by atoms with Gasteiger partial charge in [0.15, 0.2) is 0 Å². The maximum atomic E-state index is 10.5. The molecule has 0 unspecified atom stereocenters. The molecule has 0 fully saturated rings. The molecule has 1 N–H and O–H groups in total. The molecule has 72 valence electrons. The van der Waals surface area contributed by atoms with Crippen molar-refractivity contribution in [2.75, 3.05) is 6.54 Å². The Morgan fingerprint density at radius 1 is 1.36 bits per heavy atom. The van der Waals surface area contributed by atoms with Crippen molar-refractivity contribution in [3.05, 3.63) is 35.4 Å². The van der Waals surface area contributed by atoms with Gasteiger partial charge in [0.2, 0.25) is 5.91 Å².